The van der Waals surface area contributed by atoms with Gasteiger partial charge in [0.1, 0.15) is 0 Å². The average Bonchev–Trinajstić information content (AvgIpc) is 2.98. The van der Waals surface area contributed by atoms with Gasteiger partial charge < -0.3 is 0 Å². The van der Waals surface area contributed by atoms with Crippen LogP contribution in [0.1, 0.15) is 21.2 Å². The van der Waals surface area contributed by atoms with Crippen molar-refractivity contribution >= 4 is 13.0 Å². The van der Waals surface area contributed by atoms with Gasteiger partial charge in [-0.3, -0.25) is 0 Å². The average molecular weight is 362 g/mol. The van der Waals surface area contributed by atoms with Crippen molar-refractivity contribution in [3.05, 3.63) is 63.0 Å². The van der Waals surface area contributed by atoms with Gasteiger partial charge in [-0.15, -0.1) is 0 Å². The Morgan fingerprint density at radius 3 is 2.45 bits per heavy atom. The molecule has 0 fully saturated rings. The molecule has 20 heavy (non-hydrogen) atoms. The van der Waals surface area contributed by atoms with E-state index >= 15 is 0 Å². The van der Waals surface area contributed by atoms with Crippen molar-refractivity contribution in [2.75, 3.05) is 0 Å². The predicted octanol–water partition coefficient (Wildman–Crippen LogP) is 5.10. The van der Waals surface area contributed by atoms with Gasteiger partial charge in [-0.1, -0.05) is 0 Å². The van der Waals surface area contributed by atoms with Crippen LogP contribution in [0.3, 0.4) is 0 Å². The molecule has 2 aliphatic carbocycles. The van der Waals surface area contributed by atoms with Gasteiger partial charge in [0.2, 0.25) is 0 Å². The van der Waals surface area contributed by atoms with Gasteiger partial charge >= 0.3 is 119 Å². The monoisotopic (exact) mass is 360 g/mol. The van der Waals surface area contributed by atoms with E-state index in [1.165, 1.54) is 11.1 Å². The third kappa shape index (κ3) is 1.88. The summed E-state index contributed by atoms with van der Waals surface area (Å²) in [5.74, 6) is 0. The zero-order chi connectivity index (χ0) is 14.8. The molecule has 0 spiro atoms. The van der Waals surface area contributed by atoms with Crippen molar-refractivity contribution in [3.63, 3.8) is 0 Å². The predicted molar refractivity (Wildman–Crippen MR) is 92.1 cm³/mol. The molecule has 2 aliphatic rings. The fourth-order valence-electron chi connectivity index (χ4n) is 4.19. The van der Waals surface area contributed by atoms with Crippen molar-refractivity contribution in [2.45, 2.75) is 28.6 Å². The SMILES string of the molecule is [CH3][Zr]([CH3])([CH3])([CH3])(=[SiH2])([C]1=CC=CC1)[CH]1C=Cc2ccccc21. The molecule has 0 aromatic heterocycles. The number of hydrogen-bond donors (Lipinski definition) is 0. The number of benzene rings is 1. The number of hydrogen-bond acceptors (Lipinski definition) is 0. The molecule has 0 saturated heterocycles. The van der Waals surface area contributed by atoms with E-state index in [1.807, 2.05) is 0 Å². The van der Waals surface area contributed by atoms with E-state index < -0.39 is 14.4 Å². The third-order valence-electron chi connectivity index (χ3n) is 5.89. The van der Waals surface area contributed by atoms with E-state index in [4.69, 9.17) is 0 Å². The first kappa shape index (κ1) is 14.5. The molecule has 0 nitrogen and oxygen atoms in total. The molecule has 0 aliphatic heterocycles. The number of rotatable bonds is 2. The normalized spacial score (nSPS) is 26.3. The van der Waals surface area contributed by atoms with Crippen molar-refractivity contribution in [3.8, 4) is 0 Å². The van der Waals surface area contributed by atoms with Crippen LogP contribution in [-0.4, -0.2) is 6.88 Å². The maximum atomic E-state index is 2.63. The first-order valence-electron chi connectivity index (χ1n) is 7.68. The summed E-state index contributed by atoms with van der Waals surface area (Å²) < 4.78 is 12.8. The topological polar surface area (TPSA) is 0 Å². The zero-order valence-corrected chi connectivity index (χ0v) is 17.1. The first-order chi connectivity index (χ1) is 8.94. The molecule has 0 saturated carbocycles. The Morgan fingerprint density at radius 1 is 1.10 bits per heavy atom. The Balaban J connectivity index is 2.33. The Morgan fingerprint density at radius 2 is 1.80 bits per heavy atom. The van der Waals surface area contributed by atoms with Crippen molar-refractivity contribution in [1.29, 1.82) is 0 Å². The van der Waals surface area contributed by atoms with Crippen LogP contribution in [0.2, 0.25) is 18.5 Å². The van der Waals surface area contributed by atoms with E-state index in [2.05, 4.69) is 80.1 Å². The van der Waals surface area contributed by atoms with Crippen molar-refractivity contribution < 1.29 is 14.4 Å². The Kier molecular flexibility index (Phi) is 2.28. The van der Waals surface area contributed by atoms with Gasteiger partial charge in [0.15, 0.2) is 0 Å². The second-order valence-corrected chi connectivity index (χ2v) is 70.1. The summed E-state index contributed by atoms with van der Waals surface area (Å²) in [7, 11) is 0. The van der Waals surface area contributed by atoms with Gasteiger partial charge in [-0.25, -0.2) is 0 Å². The Bertz CT molecular complexity index is 806. The standard InChI is InChI=1S/C9H7.C5H5.4CH3.H2Si.Zr/c1-2-5-9-7-3-6-8(9)4-1;1-2-4-5-3-1;;;;;;/h1-7H;1-3H,4H2;4*1H3;1H2;. The summed E-state index contributed by atoms with van der Waals surface area (Å²) in [6, 6.07) is 8.93. The van der Waals surface area contributed by atoms with Gasteiger partial charge in [-0.2, -0.15) is 0 Å². The van der Waals surface area contributed by atoms with Crippen LogP contribution < -0.4 is 0 Å². The van der Waals surface area contributed by atoms with Gasteiger partial charge in [0, 0.05) is 0 Å². The second kappa shape index (κ2) is 3.15. The quantitative estimate of drug-likeness (QED) is 0.643. The van der Waals surface area contributed by atoms with E-state index in [0.717, 1.165) is 6.42 Å². The van der Waals surface area contributed by atoms with E-state index in [9.17, 15) is 0 Å². The number of fused-ring (bicyclic) bond motifs is 1. The third-order valence-corrected chi connectivity index (χ3v) is 29.6. The molecule has 0 N–H and O–H groups in total. The fourth-order valence-corrected chi connectivity index (χ4v) is 21.5. The molecule has 0 amide bonds. The Hall–Kier alpha value is -0.460. The van der Waals surface area contributed by atoms with Crippen LogP contribution in [0.5, 0.6) is 0 Å². The summed E-state index contributed by atoms with van der Waals surface area (Å²) in [4.78, 5) is 0. The molecule has 2 heteroatoms. The summed E-state index contributed by atoms with van der Waals surface area (Å²) in [6.45, 7) is 2.35. The maximum absolute atomic E-state index is 3.99. The molecular formula is C18H26SiZr. The molecule has 1 aromatic rings. The molecule has 0 heterocycles. The van der Waals surface area contributed by atoms with Crippen molar-refractivity contribution in [2.24, 2.45) is 0 Å². The van der Waals surface area contributed by atoms with Crippen LogP contribution in [0.4, 0.5) is 0 Å². The fraction of sp³-hybridized carbons (Fsp3) is 0.333. The minimum absolute atomic E-state index is 0.562. The molecule has 3 rings (SSSR count). The Labute approximate surface area is 118 Å². The molecule has 0 radical (unpaired) electrons. The summed E-state index contributed by atoms with van der Waals surface area (Å²) in [5.41, 5.74) is 2.95. The molecule has 1 unspecified atom stereocenters. The van der Waals surface area contributed by atoms with E-state index in [0.29, 0.717) is 3.63 Å². The molecule has 106 valence electrons. The molecule has 0 bridgehead atoms. The van der Waals surface area contributed by atoms with Crippen LogP contribution in [0.25, 0.3) is 6.08 Å². The minimum atomic E-state index is -3.99. The molecular weight excluding hydrogens is 336 g/mol. The zero-order valence-electron chi connectivity index (χ0n) is 13.2. The van der Waals surface area contributed by atoms with Crippen LogP contribution in [0, 0.1) is 0 Å². The van der Waals surface area contributed by atoms with Crippen LogP contribution >= 0.6 is 0 Å². The van der Waals surface area contributed by atoms with E-state index in [1.54, 1.807) is 3.28 Å². The van der Waals surface area contributed by atoms with Crippen LogP contribution in [-0.2, 0) is 14.4 Å². The number of allylic oxidation sites excluding steroid dienone is 5. The summed E-state index contributed by atoms with van der Waals surface area (Å²) >= 11 is -3.99. The summed E-state index contributed by atoms with van der Waals surface area (Å²) in [5, 5.41) is 0. The second-order valence-electron chi connectivity index (χ2n) is 10.9. The molecule has 1 aromatic carbocycles. The molecule has 1 atom stereocenters. The van der Waals surface area contributed by atoms with Crippen molar-refractivity contribution in [1.82, 2.24) is 0 Å². The van der Waals surface area contributed by atoms with E-state index in [-0.39, 0.29) is 0 Å². The van der Waals surface area contributed by atoms with Gasteiger partial charge in [-0.05, 0) is 0 Å². The van der Waals surface area contributed by atoms with Crippen LogP contribution in [0.15, 0.2) is 51.9 Å². The first-order valence-corrected chi connectivity index (χ1v) is 26.1. The van der Waals surface area contributed by atoms with Gasteiger partial charge in [0.25, 0.3) is 0 Å². The summed E-state index contributed by atoms with van der Waals surface area (Å²) in [6.07, 6.45) is 12.9. The van der Waals surface area contributed by atoms with Gasteiger partial charge in [0.05, 0.1) is 0 Å².